The third kappa shape index (κ3) is 3.98. The molecule has 0 fully saturated rings. The molecule has 1 aliphatic rings. The van der Waals surface area contributed by atoms with Gasteiger partial charge < -0.3 is 9.64 Å². The van der Waals surface area contributed by atoms with Crippen molar-refractivity contribution < 1.29 is 9.53 Å². The summed E-state index contributed by atoms with van der Waals surface area (Å²) in [7, 11) is 1.58. The molecule has 0 radical (unpaired) electrons. The fourth-order valence-electron chi connectivity index (χ4n) is 4.74. The van der Waals surface area contributed by atoms with Crippen molar-refractivity contribution in [2.24, 2.45) is 0 Å². The van der Waals surface area contributed by atoms with Crippen molar-refractivity contribution in [3.05, 3.63) is 130 Å². The van der Waals surface area contributed by atoms with E-state index in [0.29, 0.717) is 40.3 Å². The van der Waals surface area contributed by atoms with Crippen LogP contribution >= 0.6 is 0 Å². The number of carbonyl (C=O) groups is 1. The number of rotatable bonds is 5. The second-order valence-corrected chi connectivity index (χ2v) is 8.78. The van der Waals surface area contributed by atoms with Gasteiger partial charge in [0, 0.05) is 11.6 Å². The van der Waals surface area contributed by atoms with Crippen molar-refractivity contribution >= 4 is 34.1 Å². The number of amides is 1. The number of carbonyl (C=O) groups excluding carboxylic acids is 1. The smallest absolute Gasteiger partial charge is 0.266 e. The minimum atomic E-state index is -0.217. The molecule has 180 valence electrons. The number of para-hydroxylation sites is 2. The van der Waals surface area contributed by atoms with E-state index in [1.54, 1.807) is 36.3 Å². The number of hydrogen-bond donors (Lipinski definition) is 0. The van der Waals surface area contributed by atoms with Crippen molar-refractivity contribution in [2.45, 2.75) is 6.54 Å². The zero-order chi connectivity index (χ0) is 25.4. The minimum Gasteiger partial charge on any atom is -0.497 e. The Balaban J connectivity index is 1.56. The average Bonchev–Trinajstić information content (AvgIpc) is 3.20. The highest BCUT2D eigenvalue weighted by Crippen LogP contribution is 2.38. The van der Waals surface area contributed by atoms with Gasteiger partial charge in [-0.15, -0.1) is 0 Å². The van der Waals surface area contributed by atoms with E-state index in [1.807, 2.05) is 84.9 Å². The number of nitrogens with zero attached hydrogens (tertiary/aromatic N) is 3. The molecule has 0 saturated heterocycles. The van der Waals surface area contributed by atoms with Gasteiger partial charge in [0.1, 0.15) is 11.6 Å². The molecule has 0 aliphatic carbocycles. The molecule has 1 amide bonds. The van der Waals surface area contributed by atoms with Crippen LogP contribution in [0.1, 0.15) is 17.0 Å². The van der Waals surface area contributed by atoms with Crippen LogP contribution < -0.4 is 15.2 Å². The topological polar surface area (TPSA) is 64.4 Å². The Labute approximate surface area is 213 Å². The predicted octanol–water partition coefficient (Wildman–Crippen LogP) is 5.48. The van der Waals surface area contributed by atoms with E-state index in [2.05, 4.69) is 0 Å². The van der Waals surface area contributed by atoms with Gasteiger partial charge in [0.25, 0.3) is 11.5 Å². The first-order valence-corrected chi connectivity index (χ1v) is 12.0. The minimum absolute atomic E-state index is 0.135. The first-order valence-electron chi connectivity index (χ1n) is 12.0. The van der Waals surface area contributed by atoms with Gasteiger partial charge >= 0.3 is 0 Å². The van der Waals surface area contributed by atoms with Crippen LogP contribution in [0.3, 0.4) is 0 Å². The van der Waals surface area contributed by atoms with Crippen LogP contribution in [0, 0.1) is 0 Å². The summed E-state index contributed by atoms with van der Waals surface area (Å²) in [6.07, 6.45) is 1.72. The Morgan fingerprint density at radius 3 is 2.43 bits per heavy atom. The molecule has 0 atom stereocenters. The molecular weight excluding hydrogens is 462 g/mol. The predicted molar refractivity (Wildman–Crippen MR) is 146 cm³/mol. The van der Waals surface area contributed by atoms with Gasteiger partial charge in [0.05, 0.1) is 41.5 Å². The van der Waals surface area contributed by atoms with Crippen molar-refractivity contribution in [2.75, 3.05) is 12.0 Å². The number of hydrogen-bond acceptors (Lipinski definition) is 4. The molecule has 0 unspecified atom stereocenters. The van der Waals surface area contributed by atoms with E-state index < -0.39 is 0 Å². The zero-order valence-corrected chi connectivity index (χ0v) is 20.2. The summed E-state index contributed by atoms with van der Waals surface area (Å²) in [4.78, 5) is 34.1. The lowest BCUT2D eigenvalue weighted by molar-refractivity contribution is -0.113. The molecule has 1 aromatic heterocycles. The molecule has 6 heteroatoms. The van der Waals surface area contributed by atoms with E-state index in [-0.39, 0.29) is 11.5 Å². The number of fused-ring (bicyclic) bond motifs is 2. The van der Waals surface area contributed by atoms with E-state index >= 15 is 0 Å². The molecular formula is C31H23N3O3. The summed E-state index contributed by atoms with van der Waals surface area (Å²) < 4.78 is 6.93. The molecule has 37 heavy (non-hydrogen) atoms. The summed E-state index contributed by atoms with van der Waals surface area (Å²) in [5.74, 6) is 0.855. The number of methoxy groups -OCH3 is 1. The zero-order valence-electron chi connectivity index (χ0n) is 20.2. The van der Waals surface area contributed by atoms with Crippen molar-refractivity contribution in [1.82, 2.24) is 9.55 Å². The molecule has 0 spiro atoms. The molecule has 1 aliphatic heterocycles. The highest BCUT2D eigenvalue weighted by molar-refractivity contribution is 6.35. The fourth-order valence-corrected chi connectivity index (χ4v) is 4.74. The lowest BCUT2D eigenvalue weighted by Crippen LogP contribution is -2.26. The van der Waals surface area contributed by atoms with Gasteiger partial charge in [-0.05, 0) is 42.0 Å². The molecule has 0 saturated carbocycles. The lowest BCUT2D eigenvalue weighted by Gasteiger charge is -2.17. The molecule has 5 aromatic rings. The summed E-state index contributed by atoms with van der Waals surface area (Å²) in [5.41, 5.74) is 4.12. The van der Waals surface area contributed by atoms with Crippen molar-refractivity contribution in [3.63, 3.8) is 0 Å². The van der Waals surface area contributed by atoms with Gasteiger partial charge in [-0.1, -0.05) is 66.7 Å². The second kappa shape index (κ2) is 9.24. The average molecular weight is 486 g/mol. The molecule has 6 nitrogen and oxygen atoms in total. The summed E-state index contributed by atoms with van der Waals surface area (Å²) >= 11 is 0. The van der Waals surface area contributed by atoms with Crippen LogP contribution in [0.2, 0.25) is 0 Å². The standard InChI is InChI=1S/C31H23N3O3/c1-37-23-13-9-12-22(18-23)34-29(32-27-16-7-5-15-25(27)31(34)36)19-26-24-14-6-8-17-28(24)33(30(26)35)20-21-10-3-2-4-11-21/h2-19H,20H2,1H3/b26-19-. The molecule has 6 rings (SSSR count). The second-order valence-electron chi connectivity index (χ2n) is 8.78. The number of ether oxygens (including phenoxy) is 1. The number of benzene rings is 4. The Hall–Kier alpha value is -4.97. The van der Waals surface area contributed by atoms with Crippen LogP contribution in [0.4, 0.5) is 5.69 Å². The summed E-state index contributed by atoms with van der Waals surface area (Å²) in [5, 5.41) is 0.497. The Morgan fingerprint density at radius 2 is 1.59 bits per heavy atom. The van der Waals surface area contributed by atoms with E-state index in [4.69, 9.17) is 9.72 Å². The highest BCUT2D eigenvalue weighted by Gasteiger charge is 2.32. The Kier molecular flexibility index (Phi) is 5.62. The lowest BCUT2D eigenvalue weighted by atomic mass is 10.1. The monoisotopic (exact) mass is 485 g/mol. The van der Waals surface area contributed by atoms with Crippen LogP contribution in [-0.2, 0) is 11.3 Å². The maximum Gasteiger partial charge on any atom is 0.266 e. The van der Waals surface area contributed by atoms with Crippen LogP contribution in [0.15, 0.2) is 108 Å². The third-order valence-corrected chi connectivity index (χ3v) is 6.53. The highest BCUT2D eigenvalue weighted by atomic mass is 16.5. The van der Waals surface area contributed by atoms with Gasteiger partial charge in [0.2, 0.25) is 0 Å². The molecule has 2 heterocycles. The van der Waals surface area contributed by atoms with Crippen molar-refractivity contribution in [1.29, 1.82) is 0 Å². The van der Waals surface area contributed by atoms with E-state index in [9.17, 15) is 9.59 Å². The van der Waals surface area contributed by atoms with E-state index in [0.717, 1.165) is 16.8 Å². The van der Waals surface area contributed by atoms with Crippen LogP contribution in [-0.4, -0.2) is 22.6 Å². The summed E-state index contributed by atoms with van der Waals surface area (Å²) in [6, 6.07) is 32.1. The third-order valence-electron chi connectivity index (χ3n) is 6.53. The molecule has 4 aromatic carbocycles. The van der Waals surface area contributed by atoms with E-state index in [1.165, 1.54) is 4.57 Å². The Morgan fingerprint density at radius 1 is 0.838 bits per heavy atom. The number of anilines is 1. The molecule has 0 N–H and O–H groups in total. The van der Waals surface area contributed by atoms with Crippen LogP contribution in [0.5, 0.6) is 5.75 Å². The largest absolute Gasteiger partial charge is 0.497 e. The van der Waals surface area contributed by atoms with Crippen LogP contribution in [0.25, 0.3) is 28.2 Å². The maximum atomic E-state index is 13.8. The first kappa shape index (κ1) is 22.5. The van der Waals surface area contributed by atoms with Gasteiger partial charge in [0.15, 0.2) is 0 Å². The Bertz CT molecular complexity index is 1740. The fraction of sp³-hybridized carbons (Fsp3) is 0.0645. The maximum absolute atomic E-state index is 13.8. The molecule has 0 bridgehead atoms. The van der Waals surface area contributed by atoms with Gasteiger partial charge in [-0.25, -0.2) is 4.98 Å². The quantitative estimate of drug-likeness (QED) is 0.309. The SMILES string of the molecule is COc1cccc(-n2c(/C=C3\C(=O)N(Cc4ccccc4)c4ccccc43)nc3ccccc3c2=O)c1. The van der Waals surface area contributed by atoms with Gasteiger partial charge in [-0.2, -0.15) is 0 Å². The van der Waals surface area contributed by atoms with Gasteiger partial charge in [-0.3, -0.25) is 14.2 Å². The number of aromatic nitrogens is 2. The first-order chi connectivity index (χ1) is 18.1. The summed E-state index contributed by atoms with van der Waals surface area (Å²) in [6.45, 7) is 0.446. The normalized spacial score (nSPS) is 13.8. The van der Waals surface area contributed by atoms with Crippen molar-refractivity contribution in [3.8, 4) is 11.4 Å².